The number of rotatable bonds is 5. The van der Waals surface area contributed by atoms with Gasteiger partial charge in [0.2, 0.25) is 10.0 Å². The highest BCUT2D eigenvalue weighted by molar-refractivity contribution is 7.88. The standard InChI is InChI=1S/C16H27N3O4S.C2HF3O2/c1-13-8-14(17-23-13)10-18-6-4-16(5-7-18)9-15(11-22-2)19(12-16)24(3,20)21;3-2(4,5)1(6)7/h8,15H,4-7,9-12H2,1-3H3;(H,6,7). The lowest BCUT2D eigenvalue weighted by molar-refractivity contribution is -0.192. The van der Waals surface area contributed by atoms with Gasteiger partial charge in [-0.1, -0.05) is 5.16 Å². The van der Waals surface area contributed by atoms with Crippen LogP contribution in [0.4, 0.5) is 13.2 Å². The fourth-order valence-electron chi connectivity index (χ4n) is 4.12. The Morgan fingerprint density at radius 1 is 1.39 bits per heavy atom. The fourth-order valence-corrected chi connectivity index (χ4v) is 5.30. The molecule has 3 heterocycles. The van der Waals surface area contributed by atoms with E-state index in [1.807, 2.05) is 13.0 Å². The second kappa shape index (κ2) is 9.84. The molecule has 31 heavy (non-hydrogen) atoms. The van der Waals surface area contributed by atoms with E-state index in [0.29, 0.717) is 13.2 Å². The minimum atomic E-state index is -5.08. The number of carboxylic acids is 1. The maximum absolute atomic E-state index is 12.1. The lowest BCUT2D eigenvalue weighted by Crippen LogP contribution is -2.42. The monoisotopic (exact) mass is 471 g/mol. The molecule has 3 rings (SSSR count). The first-order valence-electron chi connectivity index (χ1n) is 9.66. The van der Waals surface area contributed by atoms with Gasteiger partial charge in [-0.15, -0.1) is 0 Å². The van der Waals surface area contributed by atoms with Crippen LogP contribution < -0.4 is 0 Å². The minimum Gasteiger partial charge on any atom is -0.475 e. The van der Waals surface area contributed by atoms with Gasteiger partial charge < -0.3 is 14.4 Å². The molecule has 1 aromatic rings. The number of aryl methyl sites for hydroxylation is 1. The number of aromatic nitrogens is 1. The maximum atomic E-state index is 12.1. The van der Waals surface area contributed by atoms with Crippen LogP contribution in [0.2, 0.25) is 0 Å². The van der Waals surface area contributed by atoms with Crippen LogP contribution in [0.15, 0.2) is 10.6 Å². The minimum absolute atomic E-state index is 0.0326. The topological polar surface area (TPSA) is 113 Å². The molecule has 1 spiro atoms. The molecule has 2 saturated heterocycles. The van der Waals surface area contributed by atoms with E-state index in [4.69, 9.17) is 19.2 Å². The van der Waals surface area contributed by atoms with Gasteiger partial charge in [-0.2, -0.15) is 17.5 Å². The Bertz CT molecular complexity index is 850. The van der Waals surface area contributed by atoms with E-state index in [9.17, 15) is 21.6 Å². The number of piperidine rings is 1. The molecule has 0 saturated carbocycles. The van der Waals surface area contributed by atoms with Gasteiger partial charge in [0.05, 0.1) is 18.6 Å². The van der Waals surface area contributed by atoms with Crippen molar-refractivity contribution in [1.82, 2.24) is 14.4 Å². The van der Waals surface area contributed by atoms with Crippen molar-refractivity contribution in [2.75, 3.05) is 39.6 Å². The van der Waals surface area contributed by atoms with Gasteiger partial charge in [-0.3, -0.25) is 4.90 Å². The zero-order valence-corrected chi connectivity index (χ0v) is 18.5. The third-order valence-electron chi connectivity index (χ3n) is 5.57. The average Bonchev–Trinajstić information content (AvgIpc) is 3.21. The third-order valence-corrected chi connectivity index (χ3v) is 6.85. The normalized spacial score (nSPS) is 22.3. The van der Waals surface area contributed by atoms with E-state index in [2.05, 4.69) is 10.1 Å². The predicted molar refractivity (Wildman–Crippen MR) is 104 cm³/mol. The molecule has 1 aromatic heterocycles. The molecule has 1 unspecified atom stereocenters. The van der Waals surface area contributed by atoms with E-state index < -0.39 is 22.2 Å². The van der Waals surface area contributed by atoms with Crippen LogP contribution in [-0.4, -0.2) is 85.7 Å². The van der Waals surface area contributed by atoms with Crippen molar-refractivity contribution in [2.24, 2.45) is 5.41 Å². The van der Waals surface area contributed by atoms with E-state index in [1.54, 1.807) is 11.4 Å². The van der Waals surface area contributed by atoms with Gasteiger partial charge >= 0.3 is 12.1 Å². The van der Waals surface area contributed by atoms with Crippen molar-refractivity contribution in [1.29, 1.82) is 0 Å². The van der Waals surface area contributed by atoms with Crippen LogP contribution >= 0.6 is 0 Å². The molecule has 0 aromatic carbocycles. The second-order valence-corrected chi connectivity index (χ2v) is 10.1. The summed E-state index contributed by atoms with van der Waals surface area (Å²) in [5.74, 6) is -1.92. The summed E-state index contributed by atoms with van der Waals surface area (Å²) in [6.45, 7) is 5.71. The van der Waals surface area contributed by atoms with Crippen molar-refractivity contribution >= 4 is 16.0 Å². The zero-order valence-electron chi connectivity index (χ0n) is 17.7. The summed E-state index contributed by atoms with van der Waals surface area (Å²) in [6, 6.07) is 1.94. The SMILES string of the molecule is COCC1CC2(CCN(Cc3cc(C)on3)CC2)CN1S(C)(=O)=O.O=C(O)C(F)(F)F. The molecule has 178 valence electrons. The molecule has 2 aliphatic rings. The smallest absolute Gasteiger partial charge is 0.475 e. The van der Waals surface area contributed by atoms with Gasteiger partial charge in [-0.05, 0) is 44.7 Å². The first-order chi connectivity index (χ1) is 14.3. The summed E-state index contributed by atoms with van der Waals surface area (Å²) in [5, 5.41) is 11.2. The number of methoxy groups -OCH3 is 1. The second-order valence-electron chi connectivity index (χ2n) is 8.13. The molecule has 9 nitrogen and oxygen atoms in total. The van der Waals surface area contributed by atoms with E-state index >= 15 is 0 Å². The Morgan fingerprint density at radius 3 is 2.39 bits per heavy atom. The summed E-state index contributed by atoms with van der Waals surface area (Å²) in [4.78, 5) is 11.3. The number of carbonyl (C=O) groups is 1. The number of halogens is 3. The van der Waals surface area contributed by atoms with E-state index in [0.717, 1.165) is 50.4 Å². The molecule has 0 amide bonds. The Hall–Kier alpha value is -1.70. The largest absolute Gasteiger partial charge is 0.490 e. The maximum Gasteiger partial charge on any atom is 0.490 e. The predicted octanol–water partition coefficient (Wildman–Crippen LogP) is 1.88. The van der Waals surface area contributed by atoms with Crippen LogP contribution in [0.3, 0.4) is 0 Å². The number of aliphatic carboxylic acids is 1. The quantitative estimate of drug-likeness (QED) is 0.693. The van der Waals surface area contributed by atoms with Gasteiger partial charge in [0, 0.05) is 32.3 Å². The number of carboxylic acid groups (broad SMARTS) is 1. The molecular formula is C18H28F3N3O6S. The Labute approximate surface area is 179 Å². The van der Waals surface area contributed by atoms with Crippen molar-refractivity contribution in [3.8, 4) is 0 Å². The number of ether oxygens (including phenoxy) is 1. The molecule has 0 radical (unpaired) electrons. The highest BCUT2D eigenvalue weighted by Gasteiger charge is 2.48. The summed E-state index contributed by atoms with van der Waals surface area (Å²) in [6.07, 6.45) is -0.867. The fraction of sp³-hybridized carbons (Fsp3) is 0.778. The van der Waals surface area contributed by atoms with Crippen molar-refractivity contribution in [3.05, 3.63) is 17.5 Å². The molecule has 2 aliphatic heterocycles. The van der Waals surface area contributed by atoms with Crippen LogP contribution in [-0.2, 0) is 26.1 Å². The van der Waals surface area contributed by atoms with E-state index in [1.165, 1.54) is 6.26 Å². The van der Waals surface area contributed by atoms with Crippen LogP contribution in [0.1, 0.15) is 30.7 Å². The molecule has 13 heteroatoms. The van der Waals surface area contributed by atoms with Gasteiger partial charge in [0.25, 0.3) is 0 Å². The van der Waals surface area contributed by atoms with Gasteiger partial charge in [-0.25, -0.2) is 13.2 Å². The van der Waals surface area contributed by atoms with E-state index in [-0.39, 0.29) is 11.5 Å². The van der Waals surface area contributed by atoms with Crippen LogP contribution in [0, 0.1) is 12.3 Å². The molecule has 2 fully saturated rings. The lowest BCUT2D eigenvalue weighted by atomic mass is 9.76. The van der Waals surface area contributed by atoms with Crippen molar-refractivity contribution < 1.29 is 40.8 Å². The van der Waals surface area contributed by atoms with Crippen LogP contribution in [0.5, 0.6) is 0 Å². The third kappa shape index (κ3) is 7.16. The molecule has 0 bridgehead atoms. The summed E-state index contributed by atoms with van der Waals surface area (Å²) < 4.78 is 68.0. The number of alkyl halides is 3. The number of hydrogen-bond donors (Lipinski definition) is 1. The molecule has 0 aliphatic carbocycles. The first-order valence-corrected chi connectivity index (χ1v) is 11.5. The highest BCUT2D eigenvalue weighted by Crippen LogP contribution is 2.44. The van der Waals surface area contributed by atoms with Gasteiger partial charge in [0.15, 0.2) is 0 Å². The molecular weight excluding hydrogens is 443 g/mol. The lowest BCUT2D eigenvalue weighted by Gasteiger charge is -2.39. The summed E-state index contributed by atoms with van der Waals surface area (Å²) in [7, 11) is -1.56. The Kier molecular flexibility index (Phi) is 8.11. The van der Waals surface area contributed by atoms with Crippen LogP contribution in [0.25, 0.3) is 0 Å². The number of likely N-dealkylation sites (tertiary alicyclic amines) is 1. The zero-order chi connectivity index (χ0) is 23.4. The van der Waals surface area contributed by atoms with Crippen molar-refractivity contribution in [2.45, 2.75) is 44.9 Å². The number of nitrogens with zero attached hydrogens (tertiary/aromatic N) is 3. The van der Waals surface area contributed by atoms with Gasteiger partial charge in [0.1, 0.15) is 5.76 Å². The Balaban J connectivity index is 0.000000423. The summed E-state index contributed by atoms with van der Waals surface area (Å²) >= 11 is 0. The average molecular weight is 471 g/mol. The number of hydrogen-bond acceptors (Lipinski definition) is 7. The summed E-state index contributed by atoms with van der Waals surface area (Å²) in [5.41, 5.74) is 1.05. The Morgan fingerprint density at radius 2 is 1.97 bits per heavy atom. The highest BCUT2D eigenvalue weighted by atomic mass is 32.2. The molecule has 1 N–H and O–H groups in total. The number of sulfonamides is 1. The molecule has 1 atom stereocenters. The van der Waals surface area contributed by atoms with Crippen molar-refractivity contribution in [3.63, 3.8) is 0 Å². The first kappa shape index (κ1) is 25.6.